The van der Waals surface area contributed by atoms with Crippen molar-refractivity contribution in [2.24, 2.45) is 0 Å². The Morgan fingerprint density at radius 2 is 1.44 bits per heavy atom. The van der Waals surface area contributed by atoms with E-state index in [4.69, 9.17) is 9.84 Å². The summed E-state index contributed by atoms with van der Waals surface area (Å²) in [7, 11) is 0. The van der Waals surface area contributed by atoms with Crippen molar-refractivity contribution in [3.05, 3.63) is 36.5 Å². The number of epoxide rings is 1. The van der Waals surface area contributed by atoms with Crippen LogP contribution in [0.1, 0.15) is 96.8 Å². The minimum Gasteiger partial charge on any atom is -0.481 e. The zero-order valence-corrected chi connectivity index (χ0v) is 17.3. The van der Waals surface area contributed by atoms with Gasteiger partial charge in [0.25, 0.3) is 0 Å². The van der Waals surface area contributed by atoms with Gasteiger partial charge >= 0.3 is 5.97 Å². The number of carboxylic acids is 1. The van der Waals surface area contributed by atoms with Crippen molar-refractivity contribution in [3.63, 3.8) is 0 Å². The van der Waals surface area contributed by atoms with Crippen molar-refractivity contribution in [2.45, 2.75) is 109 Å². The molecule has 1 aliphatic heterocycles. The molecule has 3 nitrogen and oxygen atoms in total. The first kappa shape index (κ1) is 23.7. The first-order valence-corrected chi connectivity index (χ1v) is 11.1. The average molecular weight is 377 g/mol. The summed E-state index contributed by atoms with van der Waals surface area (Å²) in [4.78, 5) is 10.4. The molecule has 1 N–H and O–H groups in total. The molecule has 27 heavy (non-hydrogen) atoms. The van der Waals surface area contributed by atoms with Crippen molar-refractivity contribution in [1.29, 1.82) is 0 Å². The minimum absolute atomic E-state index is 0.260. The van der Waals surface area contributed by atoms with E-state index in [1.54, 1.807) is 0 Å². The molecule has 0 aliphatic carbocycles. The minimum atomic E-state index is -0.712. The molecule has 1 aliphatic rings. The highest BCUT2D eigenvalue weighted by molar-refractivity contribution is 5.66. The number of rotatable bonds is 18. The Bertz CT molecular complexity index is 451. The van der Waals surface area contributed by atoms with E-state index in [0.29, 0.717) is 12.2 Å². The number of unbranched alkanes of at least 4 members (excludes halogenated alkanes) is 7. The third kappa shape index (κ3) is 15.4. The molecule has 0 saturated carbocycles. The molecule has 0 aromatic heterocycles. The van der Waals surface area contributed by atoms with Crippen LogP contribution in [0.5, 0.6) is 0 Å². The van der Waals surface area contributed by atoms with Crippen LogP contribution in [0.25, 0.3) is 0 Å². The summed E-state index contributed by atoms with van der Waals surface area (Å²) in [6.45, 7) is 2.27. The standard InChI is InChI=1S/C24H40O3/c1-2-3-4-5-10-13-16-19-22-23(27-22)20-17-14-11-8-6-7-9-12-15-18-21-24(25)26/h6,8-9,12,14,17,22-23H,2-5,7,10-11,13,15-16,18-21H2,1H3,(H,25,26). The number of aliphatic carboxylic acids is 1. The van der Waals surface area contributed by atoms with Crippen LogP contribution in [0, 0.1) is 0 Å². The van der Waals surface area contributed by atoms with E-state index >= 15 is 0 Å². The summed E-state index contributed by atoms with van der Waals surface area (Å²) in [6.07, 6.45) is 29.6. The Kier molecular flexibility index (Phi) is 14.7. The van der Waals surface area contributed by atoms with Gasteiger partial charge in [-0.3, -0.25) is 4.79 Å². The van der Waals surface area contributed by atoms with Crippen LogP contribution in [0.15, 0.2) is 36.5 Å². The summed E-state index contributed by atoms with van der Waals surface area (Å²) in [6, 6.07) is 0. The Balaban J connectivity index is 1.87. The molecule has 0 radical (unpaired) electrons. The van der Waals surface area contributed by atoms with Gasteiger partial charge in [0.1, 0.15) is 0 Å². The molecule has 1 fully saturated rings. The maximum atomic E-state index is 10.4. The molecule has 1 heterocycles. The van der Waals surface area contributed by atoms with Crippen molar-refractivity contribution in [3.8, 4) is 0 Å². The molecule has 0 amide bonds. The SMILES string of the molecule is CCCCCCCCCC1OC1CC=CCC=CCC=CCCCC(=O)O. The highest BCUT2D eigenvalue weighted by Gasteiger charge is 2.36. The number of allylic oxidation sites excluding steroid dienone is 5. The predicted octanol–water partition coefficient (Wildman–Crippen LogP) is 6.99. The summed E-state index contributed by atoms with van der Waals surface area (Å²) in [5.41, 5.74) is 0. The van der Waals surface area contributed by atoms with Gasteiger partial charge in [-0.25, -0.2) is 0 Å². The normalized spacial score (nSPS) is 19.6. The van der Waals surface area contributed by atoms with Crippen LogP contribution in [0.2, 0.25) is 0 Å². The highest BCUT2D eigenvalue weighted by atomic mass is 16.6. The summed E-state index contributed by atoms with van der Waals surface area (Å²) < 4.78 is 5.75. The lowest BCUT2D eigenvalue weighted by molar-refractivity contribution is -0.137. The van der Waals surface area contributed by atoms with Crippen LogP contribution < -0.4 is 0 Å². The fourth-order valence-electron chi connectivity index (χ4n) is 3.20. The van der Waals surface area contributed by atoms with Crippen LogP contribution in [0.4, 0.5) is 0 Å². The van der Waals surface area contributed by atoms with Crippen LogP contribution in [-0.2, 0) is 9.53 Å². The average Bonchev–Trinajstić information content (AvgIpc) is 3.40. The predicted molar refractivity (Wildman–Crippen MR) is 114 cm³/mol. The van der Waals surface area contributed by atoms with Crippen molar-refractivity contribution in [2.75, 3.05) is 0 Å². The smallest absolute Gasteiger partial charge is 0.303 e. The number of carbonyl (C=O) groups is 1. The van der Waals surface area contributed by atoms with Gasteiger partial charge in [-0.15, -0.1) is 0 Å². The fraction of sp³-hybridized carbons (Fsp3) is 0.708. The molecule has 154 valence electrons. The first-order chi connectivity index (χ1) is 13.2. The molecule has 2 unspecified atom stereocenters. The number of hydrogen-bond acceptors (Lipinski definition) is 2. The second kappa shape index (κ2) is 16.8. The second-order valence-corrected chi connectivity index (χ2v) is 7.53. The maximum Gasteiger partial charge on any atom is 0.303 e. The van der Waals surface area contributed by atoms with E-state index in [1.165, 1.54) is 51.4 Å². The topological polar surface area (TPSA) is 49.8 Å². The van der Waals surface area contributed by atoms with E-state index in [2.05, 4.69) is 43.4 Å². The molecule has 3 heteroatoms. The van der Waals surface area contributed by atoms with E-state index in [0.717, 1.165) is 32.1 Å². The Morgan fingerprint density at radius 1 is 0.815 bits per heavy atom. The number of carboxylic acid groups (broad SMARTS) is 1. The number of ether oxygens (including phenoxy) is 1. The van der Waals surface area contributed by atoms with Crippen LogP contribution in [0.3, 0.4) is 0 Å². The Hall–Kier alpha value is -1.35. The molecule has 0 spiro atoms. The Labute approximate surface area is 166 Å². The van der Waals surface area contributed by atoms with Gasteiger partial charge in [0.05, 0.1) is 12.2 Å². The number of hydrogen-bond donors (Lipinski definition) is 1. The highest BCUT2D eigenvalue weighted by Crippen LogP contribution is 2.30. The zero-order valence-electron chi connectivity index (χ0n) is 17.3. The van der Waals surface area contributed by atoms with Gasteiger partial charge in [0.2, 0.25) is 0 Å². The lowest BCUT2D eigenvalue weighted by Crippen LogP contribution is -1.92. The quantitative estimate of drug-likeness (QED) is 0.159. The van der Waals surface area contributed by atoms with E-state index in [1.807, 2.05) is 0 Å². The van der Waals surface area contributed by atoms with Gasteiger partial charge in [0.15, 0.2) is 0 Å². The van der Waals surface area contributed by atoms with Gasteiger partial charge < -0.3 is 9.84 Å². The maximum absolute atomic E-state index is 10.4. The zero-order chi connectivity index (χ0) is 19.6. The third-order valence-electron chi connectivity index (χ3n) is 4.95. The molecular weight excluding hydrogens is 336 g/mol. The van der Waals surface area contributed by atoms with Crippen molar-refractivity contribution in [1.82, 2.24) is 0 Å². The van der Waals surface area contributed by atoms with Gasteiger partial charge in [0, 0.05) is 6.42 Å². The molecule has 2 atom stereocenters. The molecule has 0 aromatic carbocycles. The van der Waals surface area contributed by atoms with Gasteiger partial charge in [-0.2, -0.15) is 0 Å². The summed E-state index contributed by atoms with van der Waals surface area (Å²) >= 11 is 0. The van der Waals surface area contributed by atoms with Crippen molar-refractivity contribution >= 4 is 5.97 Å². The molecule has 1 rings (SSSR count). The molecule has 1 saturated heterocycles. The lowest BCUT2D eigenvalue weighted by Gasteiger charge is -1.99. The van der Waals surface area contributed by atoms with Crippen molar-refractivity contribution < 1.29 is 14.6 Å². The Morgan fingerprint density at radius 3 is 2.15 bits per heavy atom. The molecular formula is C24H40O3. The van der Waals surface area contributed by atoms with E-state index in [-0.39, 0.29) is 6.42 Å². The first-order valence-electron chi connectivity index (χ1n) is 11.1. The fourth-order valence-corrected chi connectivity index (χ4v) is 3.20. The van der Waals surface area contributed by atoms with Crippen LogP contribution in [-0.4, -0.2) is 23.3 Å². The second-order valence-electron chi connectivity index (χ2n) is 7.53. The monoisotopic (exact) mass is 376 g/mol. The third-order valence-corrected chi connectivity index (χ3v) is 4.95. The van der Waals surface area contributed by atoms with Crippen LogP contribution >= 0.6 is 0 Å². The van der Waals surface area contributed by atoms with E-state index < -0.39 is 5.97 Å². The summed E-state index contributed by atoms with van der Waals surface area (Å²) in [5, 5.41) is 8.54. The van der Waals surface area contributed by atoms with Gasteiger partial charge in [-0.05, 0) is 38.5 Å². The lowest BCUT2D eigenvalue weighted by atomic mass is 10.1. The molecule has 0 aromatic rings. The summed E-state index contributed by atoms with van der Waals surface area (Å²) in [5.74, 6) is -0.712. The molecule has 0 bridgehead atoms. The van der Waals surface area contributed by atoms with Gasteiger partial charge in [-0.1, -0.05) is 88.3 Å². The largest absolute Gasteiger partial charge is 0.481 e. The van der Waals surface area contributed by atoms with E-state index in [9.17, 15) is 4.79 Å².